The van der Waals surface area contributed by atoms with Crippen LogP contribution in [0, 0.1) is 0 Å². The first kappa shape index (κ1) is 45.4. The summed E-state index contributed by atoms with van der Waals surface area (Å²) in [6.07, 6.45) is 7.39. The molecule has 10 N–H and O–H groups in total. The van der Waals surface area contributed by atoms with Crippen LogP contribution >= 0.6 is 0 Å². The molecule has 0 aliphatic carbocycles. The molecule has 0 spiro atoms. The number of aldehydes is 2. The van der Waals surface area contributed by atoms with Gasteiger partial charge in [-0.3, -0.25) is 19.2 Å². The fourth-order valence-electron chi connectivity index (χ4n) is 5.15. The number of hydrogen-bond donors (Lipinski definition) is 9. The summed E-state index contributed by atoms with van der Waals surface area (Å²) >= 11 is 0. The molecule has 6 rings (SSSR count). The molecule has 0 fully saturated rings. The van der Waals surface area contributed by atoms with E-state index in [9.17, 15) is 44.1 Å². The third-order valence-electron chi connectivity index (χ3n) is 8.42. The number of amides is 1. The van der Waals surface area contributed by atoms with Gasteiger partial charge in [-0.25, -0.2) is 19.6 Å². The highest BCUT2D eigenvalue weighted by Gasteiger charge is 2.22. The predicted molar refractivity (Wildman–Crippen MR) is 215 cm³/mol. The molecule has 19 heteroatoms. The number of carboxylic acids is 3. The van der Waals surface area contributed by atoms with Gasteiger partial charge in [0, 0.05) is 42.2 Å². The van der Waals surface area contributed by atoms with Crippen LogP contribution in [0.2, 0.25) is 0 Å². The number of nitrogens with zero attached hydrogens (tertiary/aromatic N) is 2. The SMILES string of the molecule is N[C@@H](Cc1cnc[nH]1)C(=O)O.O=Cc1c(O)cccc1OCc1ccc(C(=O)N[C@@H](Cc2cnc[nH]2)C(=O)O)cc1.O=Cc1c(O)cccc1OCc1ccc(C(=O)O)cc1. The number of aliphatic carboxylic acids is 2. The maximum atomic E-state index is 12.4. The molecule has 316 valence electrons. The number of carbonyl (C=O) groups excluding carboxylic acids is 3. The first-order valence-corrected chi connectivity index (χ1v) is 18.0. The monoisotopic (exact) mass is 836 g/mol. The van der Waals surface area contributed by atoms with Crippen molar-refractivity contribution in [3.05, 3.63) is 155 Å². The van der Waals surface area contributed by atoms with Crippen LogP contribution in [0.3, 0.4) is 0 Å². The molecule has 0 aliphatic rings. The molecule has 2 atom stereocenters. The van der Waals surface area contributed by atoms with Crippen LogP contribution < -0.4 is 20.5 Å². The lowest BCUT2D eigenvalue weighted by molar-refractivity contribution is -0.139. The molecule has 6 aromatic rings. The van der Waals surface area contributed by atoms with Gasteiger partial charge in [0.25, 0.3) is 5.91 Å². The Morgan fingerprint density at radius 2 is 1.11 bits per heavy atom. The number of ether oxygens (including phenoxy) is 2. The standard InChI is InChI=1S/C21H19N3O6.C15H12O5.C6H9N3O2/c25-10-16-18(26)2-1-3-19(16)30-11-13-4-6-14(7-5-13)20(27)24-17(21(28)29)8-15-9-22-12-23-15;16-8-12-13(17)2-1-3-14(12)20-9-10-4-6-11(7-5-10)15(18)19;7-5(6(10)11)1-4-2-8-3-9-4/h1-7,9-10,12,17,26H,8,11H2,(H,22,23)(H,24,27)(H,28,29);1-8,17H,9H2,(H,18,19);2-3,5H,1,7H2,(H,8,9)(H,10,11)/t17-;;5-/m0.0/s1. The molecule has 4 aromatic carbocycles. The number of aromatic carboxylic acids is 1. The maximum Gasteiger partial charge on any atom is 0.335 e. The lowest BCUT2D eigenvalue weighted by Crippen LogP contribution is -2.42. The summed E-state index contributed by atoms with van der Waals surface area (Å²) in [6.45, 7) is 0.286. The van der Waals surface area contributed by atoms with Gasteiger partial charge in [0.1, 0.15) is 48.3 Å². The Labute approximate surface area is 346 Å². The Kier molecular flexibility index (Phi) is 16.8. The summed E-state index contributed by atoms with van der Waals surface area (Å²) in [4.78, 5) is 79.9. The smallest absolute Gasteiger partial charge is 0.335 e. The second-order valence-corrected chi connectivity index (χ2v) is 12.8. The summed E-state index contributed by atoms with van der Waals surface area (Å²) in [7, 11) is 0. The Morgan fingerprint density at radius 1 is 0.656 bits per heavy atom. The zero-order chi connectivity index (χ0) is 44.3. The van der Waals surface area contributed by atoms with Crippen LogP contribution in [0.4, 0.5) is 0 Å². The minimum Gasteiger partial charge on any atom is -0.507 e. The highest BCUT2D eigenvalue weighted by atomic mass is 16.5. The van der Waals surface area contributed by atoms with Crippen molar-refractivity contribution in [2.45, 2.75) is 38.1 Å². The number of phenolic OH excluding ortho intramolecular Hbond substituents is 2. The second-order valence-electron chi connectivity index (χ2n) is 12.8. The largest absolute Gasteiger partial charge is 0.507 e. The fraction of sp³-hybridized carbons (Fsp3) is 0.143. The van der Waals surface area contributed by atoms with E-state index in [0.29, 0.717) is 23.8 Å². The van der Waals surface area contributed by atoms with E-state index in [4.69, 9.17) is 25.4 Å². The van der Waals surface area contributed by atoms with Crippen LogP contribution in [-0.4, -0.2) is 93.9 Å². The third-order valence-corrected chi connectivity index (χ3v) is 8.42. The van der Waals surface area contributed by atoms with E-state index in [1.165, 1.54) is 43.1 Å². The number of aromatic hydroxyl groups is 2. The van der Waals surface area contributed by atoms with E-state index in [-0.39, 0.29) is 65.7 Å². The third kappa shape index (κ3) is 13.9. The lowest BCUT2D eigenvalue weighted by atomic mass is 10.1. The molecule has 0 unspecified atom stereocenters. The minimum atomic E-state index is -1.15. The van der Waals surface area contributed by atoms with Crippen molar-refractivity contribution in [1.29, 1.82) is 0 Å². The van der Waals surface area contributed by atoms with Crippen LogP contribution in [0.1, 0.15) is 63.9 Å². The number of H-pyrrole nitrogens is 2. The normalized spacial score (nSPS) is 11.2. The van der Waals surface area contributed by atoms with Crippen molar-refractivity contribution in [2.75, 3.05) is 0 Å². The van der Waals surface area contributed by atoms with Gasteiger partial charge >= 0.3 is 17.9 Å². The lowest BCUT2D eigenvalue weighted by Gasteiger charge is -2.14. The van der Waals surface area contributed by atoms with Crippen LogP contribution in [0.5, 0.6) is 23.0 Å². The molecule has 0 saturated carbocycles. The zero-order valence-electron chi connectivity index (χ0n) is 32.0. The topological polar surface area (TPSA) is 317 Å². The number of imidazole rings is 2. The maximum absolute atomic E-state index is 12.4. The number of carbonyl (C=O) groups is 6. The van der Waals surface area contributed by atoms with Crippen molar-refractivity contribution < 1.29 is 63.8 Å². The highest BCUT2D eigenvalue weighted by molar-refractivity contribution is 5.96. The van der Waals surface area contributed by atoms with Gasteiger partial charge in [-0.15, -0.1) is 0 Å². The molecular weight excluding hydrogens is 796 g/mol. The van der Waals surface area contributed by atoms with Gasteiger partial charge in [-0.1, -0.05) is 36.4 Å². The van der Waals surface area contributed by atoms with Gasteiger partial charge in [0.15, 0.2) is 12.6 Å². The number of carboxylic acid groups (broad SMARTS) is 3. The van der Waals surface area contributed by atoms with Crippen molar-refractivity contribution in [2.24, 2.45) is 5.73 Å². The molecule has 0 saturated heterocycles. The number of hydrogen-bond acceptors (Lipinski definition) is 13. The van der Waals surface area contributed by atoms with Crippen molar-refractivity contribution in [3.8, 4) is 23.0 Å². The van der Waals surface area contributed by atoms with E-state index in [0.717, 1.165) is 16.8 Å². The zero-order valence-corrected chi connectivity index (χ0v) is 32.0. The quantitative estimate of drug-likeness (QED) is 0.0590. The average Bonchev–Trinajstić information content (AvgIpc) is 3.98. The van der Waals surface area contributed by atoms with E-state index in [1.807, 2.05) is 0 Å². The summed E-state index contributed by atoms with van der Waals surface area (Å²) in [5.41, 5.74) is 8.71. The Balaban J connectivity index is 0.000000226. The average molecular weight is 837 g/mol. The van der Waals surface area contributed by atoms with E-state index in [1.54, 1.807) is 66.9 Å². The van der Waals surface area contributed by atoms with Gasteiger partial charge < -0.3 is 56.0 Å². The van der Waals surface area contributed by atoms with Crippen molar-refractivity contribution in [3.63, 3.8) is 0 Å². The summed E-state index contributed by atoms with van der Waals surface area (Å²) < 4.78 is 11.0. The van der Waals surface area contributed by atoms with Crippen LogP contribution in [0.15, 0.2) is 110 Å². The predicted octanol–water partition coefficient (Wildman–Crippen LogP) is 3.78. The summed E-state index contributed by atoms with van der Waals surface area (Å²) in [5.74, 6) is -3.45. The number of nitrogens with two attached hydrogens (primary N) is 1. The minimum absolute atomic E-state index is 0.0606. The van der Waals surface area contributed by atoms with Gasteiger partial charge in [0.2, 0.25) is 0 Å². The van der Waals surface area contributed by atoms with E-state index < -0.39 is 35.9 Å². The number of nitrogens with one attached hydrogen (secondary N) is 3. The molecule has 2 heterocycles. The van der Waals surface area contributed by atoms with Gasteiger partial charge in [0.05, 0.1) is 29.3 Å². The molecule has 19 nitrogen and oxygen atoms in total. The molecule has 61 heavy (non-hydrogen) atoms. The molecule has 2 aromatic heterocycles. The van der Waals surface area contributed by atoms with E-state index >= 15 is 0 Å². The molecule has 0 radical (unpaired) electrons. The number of benzene rings is 4. The first-order chi connectivity index (χ1) is 29.3. The first-order valence-electron chi connectivity index (χ1n) is 18.0. The highest BCUT2D eigenvalue weighted by Crippen LogP contribution is 2.27. The van der Waals surface area contributed by atoms with Crippen molar-refractivity contribution >= 4 is 36.4 Å². The summed E-state index contributed by atoms with van der Waals surface area (Å²) in [5, 5.41) is 48.2. The van der Waals surface area contributed by atoms with Gasteiger partial charge in [-0.05, 0) is 59.7 Å². The Morgan fingerprint density at radius 3 is 1.51 bits per heavy atom. The second kappa shape index (κ2) is 22.6. The fourth-order valence-corrected chi connectivity index (χ4v) is 5.15. The Hall–Kier alpha value is -8.32. The van der Waals surface area contributed by atoms with Crippen LogP contribution in [-0.2, 0) is 35.6 Å². The number of aromatic amines is 2. The molecule has 0 bridgehead atoms. The van der Waals surface area contributed by atoms with Crippen LogP contribution in [0.25, 0.3) is 0 Å². The molecular formula is C42H40N6O13. The molecule has 0 aliphatic heterocycles. The van der Waals surface area contributed by atoms with E-state index in [2.05, 4.69) is 25.3 Å². The molecule has 1 amide bonds. The van der Waals surface area contributed by atoms with Crippen molar-refractivity contribution in [1.82, 2.24) is 25.3 Å². The number of aromatic nitrogens is 4. The summed E-state index contributed by atoms with van der Waals surface area (Å²) in [6, 6.07) is 19.7. The van der Waals surface area contributed by atoms with Gasteiger partial charge in [-0.2, -0.15) is 0 Å². The number of phenols is 2. The number of rotatable bonds is 17. The Bertz CT molecular complexity index is 2390.